The van der Waals surface area contributed by atoms with Crippen molar-refractivity contribution in [2.24, 2.45) is 5.92 Å². The Balaban J connectivity index is 2.32. The molecule has 0 aromatic heterocycles. The number of fused-ring (bicyclic) bond motifs is 1. The normalized spacial score (nSPS) is 18.2. The van der Waals surface area contributed by atoms with Crippen molar-refractivity contribution in [2.75, 3.05) is 6.61 Å². The molecule has 0 N–H and O–H groups in total. The van der Waals surface area contributed by atoms with Gasteiger partial charge in [-0.15, -0.1) is 0 Å². The molecule has 0 bridgehead atoms. The van der Waals surface area contributed by atoms with Crippen LogP contribution in [0.15, 0.2) is 12.1 Å². The van der Waals surface area contributed by atoms with Gasteiger partial charge in [-0.25, -0.2) is 0 Å². The highest BCUT2D eigenvalue weighted by Gasteiger charge is 2.30. The molecule has 0 amide bonds. The first-order valence-electron chi connectivity index (χ1n) is 5.16. The number of ketones is 1. The molecule has 1 aromatic carbocycles. The van der Waals surface area contributed by atoms with Crippen LogP contribution in [-0.4, -0.2) is 12.4 Å². The fourth-order valence-corrected chi connectivity index (χ4v) is 2.37. The second-order valence-electron chi connectivity index (χ2n) is 3.83. The quantitative estimate of drug-likeness (QED) is 0.826. The van der Waals surface area contributed by atoms with Gasteiger partial charge in [0.25, 0.3) is 0 Å². The number of hydrogen-bond donors (Lipinski definition) is 0. The Hall–Kier alpha value is -1.24. The molecule has 1 aromatic rings. The van der Waals surface area contributed by atoms with Gasteiger partial charge in [0.15, 0.2) is 5.78 Å². The SMILES string of the molecule is N#CCCC1COc2c(Cl)cc(Cl)cc2C1=O. The third-order valence-electron chi connectivity index (χ3n) is 2.68. The maximum atomic E-state index is 12.1. The lowest BCUT2D eigenvalue weighted by atomic mass is 9.91. The highest BCUT2D eigenvalue weighted by atomic mass is 35.5. The van der Waals surface area contributed by atoms with Crippen molar-refractivity contribution in [1.29, 1.82) is 5.26 Å². The Morgan fingerprint density at radius 3 is 2.94 bits per heavy atom. The maximum Gasteiger partial charge on any atom is 0.173 e. The molecule has 5 heteroatoms. The Bertz CT molecular complexity index is 508. The average molecular weight is 270 g/mol. The van der Waals surface area contributed by atoms with Gasteiger partial charge in [0.2, 0.25) is 0 Å². The third-order valence-corrected chi connectivity index (χ3v) is 3.18. The lowest BCUT2D eigenvalue weighted by Gasteiger charge is -2.24. The Kier molecular flexibility index (Phi) is 3.56. The van der Waals surface area contributed by atoms with Gasteiger partial charge >= 0.3 is 0 Å². The highest BCUT2D eigenvalue weighted by Crippen LogP contribution is 2.37. The van der Waals surface area contributed by atoms with Crippen molar-refractivity contribution in [2.45, 2.75) is 12.8 Å². The smallest absolute Gasteiger partial charge is 0.173 e. The van der Waals surface area contributed by atoms with Gasteiger partial charge in [0, 0.05) is 11.4 Å². The van der Waals surface area contributed by atoms with E-state index < -0.39 is 0 Å². The molecule has 0 radical (unpaired) electrons. The van der Waals surface area contributed by atoms with Crippen LogP contribution in [0.5, 0.6) is 5.75 Å². The third kappa shape index (κ3) is 2.38. The Morgan fingerprint density at radius 2 is 2.24 bits per heavy atom. The summed E-state index contributed by atoms with van der Waals surface area (Å²) in [6.45, 7) is 0.273. The fraction of sp³-hybridized carbons (Fsp3) is 0.333. The van der Waals surface area contributed by atoms with E-state index in [1.54, 1.807) is 12.1 Å². The molecule has 88 valence electrons. The van der Waals surface area contributed by atoms with E-state index in [4.69, 9.17) is 33.2 Å². The molecule has 1 unspecified atom stereocenters. The van der Waals surface area contributed by atoms with Crippen LogP contribution in [0, 0.1) is 17.2 Å². The van der Waals surface area contributed by atoms with Gasteiger partial charge < -0.3 is 4.74 Å². The van der Waals surface area contributed by atoms with Gasteiger partial charge in [0.05, 0.1) is 29.2 Å². The van der Waals surface area contributed by atoms with Gasteiger partial charge in [-0.3, -0.25) is 4.79 Å². The van der Waals surface area contributed by atoms with Crippen LogP contribution in [0.4, 0.5) is 0 Å². The number of nitriles is 1. The average Bonchev–Trinajstić information content (AvgIpc) is 2.29. The minimum absolute atomic E-state index is 0.0501. The molecule has 1 aliphatic rings. The van der Waals surface area contributed by atoms with Gasteiger partial charge in [-0.1, -0.05) is 23.2 Å². The molecule has 0 saturated carbocycles. The Labute approximate surface area is 109 Å². The maximum absolute atomic E-state index is 12.1. The van der Waals surface area contributed by atoms with Crippen molar-refractivity contribution >= 4 is 29.0 Å². The van der Waals surface area contributed by atoms with E-state index in [1.165, 1.54) is 0 Å². The number of nitrogens with zero attached hydrogens (tertiary/aromatic N) is 1. The van der Waals surface area contributed by atoms with Crippen LogP contribution in [0.1, 0.15) is 23.2 Å². The minimum atomic E-state index is -0.281. The zero-order valence-electron chi connectivity index (χ0n) is 8.87. The molecule has 17 heavy (non-hydrogen) atoms. The van der Waals surface area contributed by atoms with E-state index in [0.717, 1.165) is 0 Å². The number of Topliss-reactive ketones (excluding diaryl/α,β-unsaturated/α-hetero) is 1. The summed E-state index contributed by atoms with van der Waals surface area (Å²) in [4.78, 5) is 12.1. The summed E-state index contributed by atoms with van der Waals surface area (Å²) in [5.74, 6) is 0.0665. The molecule has 0 saturated heterocycles. The number of halogens is 2. The number of carbonyl (C=O) groups excluding carboxylic acids is 1. The molecule has 0 fully saturated rings. The van der Waals surface area contributed by atoms with Crippen LogP contribution in [0.3, 0.4) is 0 Å². The summed E-state index contributed by atoms with van der Waals surface area (Å²) < 4.78 is 5.47. The second-order valence-corrected chi connectivity index (χ2v) is 4.68. The lowest BCUT2D eigenvalue weighted by molar-refractivity contribution is 0.0822. The van der Waals surface area contributed by atoms with Gasteiger partial charge in [-0.2, -0.15) is 5.26 Å². The first-order chi connectivity index (χ1) is 8.13. The Morgan fingerprint density at radius 1 is 1.47 bits per heavy atom. The molecule has 1 heterocycles. The lowest BCUT2D eigenvalue weighted by Crippen LogP contribution is -2.27. The monoisotopic (exact) mass is 269 g/mol. The van der Waals surface area contributed by atoms with Crippen LogP contribution in [0.25, 0.3) is 0 Å². The van der Waals surface area contributed by atoms with E-state index in [9.17, 15) is 4.79 Å². The number of rotatable bonds is 2. The molecule has 1 aliphatic heterocycles. The number of hydrogen-bond acceptors (Lipinski definition) is 3. The standard InChI is InChI=1S/C12H9Cl2NO2/c13-8-4-9-11(16)7(2-1-3-15)6-17-12(9)10(14)5-8/h4-5,7H,1-2,6H2. The minimum Gasteiger partial charge on any atom is -0.490 e. The fourth-order valence-electron chi connectivity index (χ4n) is 1.82. The highest BCUT2D eigenvalue weighted by molar-refractivity contribution is 6.36. The van der Waals surface area contributed by atoms with E-state index in [1.807, 2.05) is 6.07 Å². The van der Waals surface area contributed by atoms with Crippen LogP contribution >= 0.6 is 23.2 Å². The van der Waals surface area contributed by atoms with Crippen LogP contribution in [-0.2, 0) is 0 Å². The van der Waals surface area contributed by atoms with Crippen molar-refractivity contribution in [3.8, 4) is 11.8 Å². The second kappa shape index (κ2) is 4.95. The summed E-state index contributed by atoms with van der Waals surface area (Å²) in [6, 6.07) is 5.13. The van der Waals surface area contributed by atoms with E-state index in [2.05, 4.69) is 0 Å². The van der Waals surface area contributed by atoms with Crippen molar-refractivity contribution in [1.82, 2.24) is 0 Å². The van der Waals surface area contributed by atoms with Crippen molar-refractivity contribution in [3.63, 3.8) is 0 Å². The molecule has 2 rings (SSSR count). The number of carbonyl (C=O) groups is 1. The van der Waals surface area contributed by atoms with Crippen molar-refractivity contribution in [3.05, 3.63) is 27.7 Å². The topological polar surface area (TPSA) is 50.1 Å². The van der Waals surface area contributed by atoms with E-state index in [0.29, 0.717) is 34.2 Å². The zero-order valence-corrected chi connectivity index (χ0v) is 10.4. The predicted molar refractivity (Wildman–Crippen MR) is 64.6 cm³/mol. The number of ether oxygens (including phenoxy) is 1. The molecule has 0 aliphatic carbocycles. The van der Waals surface area contributed by atoms with E-state index in [-0.39, 0.29) is 18.3 Å². The summed E-state index contributed by atoms with van der Waals surface area (Å²) in [7, 11) is 0. The first-order valence-corrected chi connectivity index (χ1v) is 5.92. The molecular formula is C12H9Cl2NO2. The van der Waals surface area contributed by atoms with Crippen LogP contribution in [0.2, 0.25) is 10.0 Å². The predicted octanol–water partition coefficient (Wildman–Crippen LogP) is 3.49. The number of benzene rings is 1. The van der Waals surface area contributed by atoms with Gasteiger partial charge in [-0.05, 0) is 18.6 Å². The molecular weight excluding hydrogens is 261 g/mol. The summed E-state index contributed by atoms with van der Waals surface area (Å²) in [5, 5.41) is 9.28. The molecule has 0 spiro atoms. The summed E-state index contributed by atoms with van der Waals surface area (Å²) >= 11 is 11.8. The summed E-state index contributed by atoms with van der Waals surface area (Å²) in [5.41, 5.74) is 0.414. The van der Waals surface area contributed by atoms with E-state index >= 15 is 0 Å². The van der Waals surface area contributed by atoms with Crippen LogP contribution < -0.4 is 4.74 Å². The van der Waals surface area contributed by atoms with Crippen molar-refractivity contribution < 1.29 is 9.53 Å². The first kappa shape index (κ1) is 12.2. The summed E-state index contributed by atoms with van der Waals surface area (Å²) in [6.07, 6.45) is 0.836. The largest absolute Gasteiger partial charge is 0.490 e. The van der Waals surface area contributed by atoms with Gasteiger partial charge in [0.1, 0.15) is 5.75 Å². The molecule has 3 nitrogen and oxygen atoms in total. The zero-order chi connectivity index (χ0) is 12.4. The molecule has 1 atom stereocenters.